The molecule has 0 bridgehead atoms. The first kappa shape index (κ1) is 58.4. The van der Waals surface area contributed by atoms with Crippen LogP contribution in [0, 0.1) is 0 Å². The molecule has 3 N–H and O–H groups in total. The molecule has 0 aromatic carbocycles. The SMILES string of the molecule is CCCCCCC/C=C\C/C=C\CCCCCCCCCCCC(=O)NC(CO)C(O)/C=C/CC/C=C/CCCCCCCCCCCCCCCCCCCCCCC. The lowest BCUT2D eigenvalue weighted by Crippen LogP contribution is -2.45. The van der Waals surface area contributed by atoms with E-state index in [4.69, 9.17) is 0 Å². The zero-order chi connectivity index (χ0) is 43.5. The molecule has 2 unspecified atom stereocenters. The van der Waals surface area contributed by atoms with Crippen LogP contribution in [-0.4, -0.2) is 34.9 Å². The number of rotatable bonds is 49. The smallest absolute Gasteiger partial charge is 0.220 e. The molecule has 0 aromatic rings. The molecule has 0 heterocycles. The molecular formula is C56H105NO3. The van der Waals surface area contributed by atoms with Gasteiger partial charge in [0.05, 0.1) is 18.8 Å². The number of nitrogens with one attached hydrogen (secondary N) is 1. The molecule has 4 nitrogen and oxygen atoms in total. The highest BCUT2D eigenvalue weighted by atomic mass is 16.3. The van der Waals surface area contributed by atoms with Gasteiger partial charge in [0.2, 0.25) is 5.91 Å². The van der Waals surface area contributed by atoms with Crippen LogP contribution in [0.1, 0.15) is 284 Å². The van der Waals surface area contributed by atoms with Gasteiger partial charge in [-0.25, -0.2) is 0 Å². The van der Waals surface area contributed by atoms with Crippen molar-refractivity contribution in [2.45, 2.75) is 296 Å². The highest BCUT2D eigenvalue weighted by molar-refractivity contribution is 5.76. The molecule has 0 aromatic heterocycles. The fourth-order valence-electron chi connectivity index (χ4n) is 8.17. The molecule has 0 aliphatic heterocycles. The Hall–Kier alpha value is -1.65. The van der Waals surface area contributed by atoms with E-state index in [2.05, 4.69) is 55.6 Å². The Morgan fingerprint density at radius 2 is 0.700 bits per heavy atom. The van der Waals surface area contributed by atoms with Gasteiger partial charge >= 0.3 is 0 Å². The summed E-state index contributed by atoms with van der Waals surface area (Å²) in [6, 6.07) is -0.643. The number of allylic oxidation sites excluding steroid dienone is 7. The molecule has 2 atom stereocenters. The van der Waals surface area contributed by atoms with Crippen molar-refractivity contribution in [3.63, 3.8) is 0 Å². The lowest BCUT2D eigenvalue weighted by atomic mass is 10.0. The summed E-state index contributed by atoms with van der Waals surface area (Å²) in [4.78, 5) is 12.4. The van der Waals surface area contributed by atoms with Gasteiger partial charge in [-0.15, -0.1) is 0 Å². The minimum absolute atomic E-state index is 0.0764. The van der Waals surface area contributed by atoms with Crippen molar-refractivity contribution < 1.29 is 15.0 Å². The van der Waals surface area contributed by atoms with Gasteiger partial charge in [0, 0.05) is 6.42 Å². The Kier molecular flexibility index (Phi) is 50.3. The number of hydrogen-bond acceptors (Lipinski definition) is 3. The van der Waals surface area contributed by atoms with Crippen molar-refractivity contribution in [2.75, 3.05) is 6.61 Å². The second kappa shape index (κ2) is 51.7. The second-order valence-electron chi connectivity index (χ2n) is 18.3. The number of carbonyl (C=O) groups is 1. The summed E-state index contributed by atoms with van der Waals surface area (Å²) in [6.07, 6.45) is 71.2. The van der Waals surface area contributed by atoms with E-state index >= 15 is 0 Å². The Morgan fingerprint density at radius 1 is 0.400 bits per heavy atom. The molecule has 0 spiro atoms. The number of amides is 1. The number of unbranched alkanes of at least 4 members (excludes halogenated alkanes) is 36. The molecule has 0 saturated carbocycles. The summed E-state index contributed by atoms with van der Waals surface area (Å²) in [5.41, 5.74) is 0. The predicted octanol–water partition coefficient (Wildman–Crippen LogP) is 17.5. The third-order valence-electron chi connectivity index (χ3n) is 12.3. The fraction of sp³-hybridized carbons (Fsp3) is 0.839. The van der Waals surface area contributed by atoms with E-state index in [0.29, 0.717) is 6.42 Å². The summed E-state index contributed by atoms with van der Waals surface area (Å²) in [6.45, 7) is 4.31. The Labute approximate surface area is 375 Å². The van der Waals surface area contributed by atoms with Crippen LogP contribution < -0.4 is 5.32 Å². The maximum absolute atomic E-state index is 12.4. The first-order chi connectivity index (χ1) is 29.7. The quantitative estimate of drug-likeness (QED) is 0.0422. The Balaban J connectivity index is 3.55. The average Bonchev–Trinajstić information content (AvgIpc) is 3.25. The first-order valence-corrected chi connectivity index (χ1v) is 26.9. The van der Waals surface area contributed by atoms with Gasteiger partial charge in [-0.1, -0.05) is 262 Å². The Morgan fingerprint density at radius 3 is 1.07 bits per heavy atom. The van der Waals surface area contributed by atoms with Crippen LogP contribution >= 0.6 is 0 Å². The third-order valence-corrected chi connectivity index (χ3v) is 12.3. The van der Waals surface area contributed by atoms with E-state index in [1.54, 1.807) is 6.08 Å². The summed E-state index contributed by atoms with van der Waals surface area (Å²) < 4.78 is 0. The van der Waals surface area contributed by atoms with Crippen LogP contribution in [0.5, 0.6) is 0 Å². The number of hydrogen-bond donors (Lipinski definition) is 3. The standard InChI is InChI=1S/C56H105NO3/c1-3-5-7-9-11-13-15-17-19-21-23-25-26-27-28-29-30-32-33-35-37-39-41-43-45-47-49-51-55(59)54(53-58)57-56(60)52-50-48-46-44-42-40-38-36-34-31-24-22-20-18-16-14-12-10-8-6-4-2/h16,18,22,24,41,43,49,51,54-55,58-59H,3-15,17,19-21,23,25-40,42,44-48,50,52-53H2,1-2H3,(H,57,60)/b18-16-,24-22-,43-41+,51-49+. The van der Waals surface area contributed by atoms with Crippen LogP contribution in [-0.2, 0) is 4.79 Å². The molecule has 60 heavy (non-hydrogen) atoms. The highest BCUT2D eigenvalue weighted by Gasteiger charge is 2.17. The molecule has 0 fully saturated rings. The van der Waals surface area contributed by atoms with Gasteiger partial charge in [-0.05, 0) is 64.2 Å². The number of aliphatic hydroxyl groups excluding tert-OH is 2. The first-order valence-electron chi connectivity index (χ1n) is 26.9. The Bertz CT molecular complexity index is 954. The molecular weight excluding hydrogens is 735 g/mol. The topological polar surface area (TPSA) is 69.6 Å². The van der Waals surface area contributed by atoms with Gasteiger partial charge < -0.3 is 15.5 Å². The zero-order valence-corrected chi connectivity index (χ0v) is 40.5. The van der Waals surface area contributed by atoms with Crippen LogP contribution in [0.2, 0.25) is 0 Å². The highest BCUT2D eigenvalue weighted by Crippen LogP contribution is 2.16. The van der Waals surface area contributed by atoms with Gasteiger partial charge in [0.25, 0.3) is 0 Å². The molecule has 352 valence electrons. The van der Waals surface area contributed by atoms with Gasteiger partial charge in [0.1, 0.15) is 0 Å². The maximum atomic E-state index is 12.4. The summed E-state index contributed by atoms with van der Waals surface area (Å²) in [5, 5.41) is 23.1. The molecule has 0 aliphatic rings. The van der Waals surface area contributed by atoms with E-state index < -0.39 is 12.1 Å². The fourth-order valence-corrected chi connectivity index (χ4v) is 8.17. The van der Waals surface area contributed by atoms with Crippen molar-refractivity contribution in [3.8, 4) is 0 Å². The molecule has 0 saturated heterocycles. The van der Waals surface area contributed by atoms with Gasteiger partial charge in [0.15, 0.2) is 0 Å². The number of carbonyl (C=O) groups excluding carboxylic acids is 1. The summed E-state index contributed by atoms with van der Waals surface area (Å²) >= 11 is 0. The van der Waals surface area contributed by atoms with E-state index in [-0.39, 0.29) is 12.5 Å². The summed E-state index contributed by atoms with van der Waals surface area (Å²) in [7, 11) is 0. The lowest BCUT2D eigenvalue weighted by Gasteiger charge is -2.19. The molecule has 4 heteroatoms. The monoisotopic (exact) mass is 840 g/mol. The lowest BCUT2D eigenvalue weighted by molar-refractivity contribution is -0.123. The van der Waals surface area contributed by atoms with E-state index in [0.717, 1.165) is 38.5 Å². The van der Waals surface area contributed by atoms with Crippen molar-refractivity contribution in [2.24, 2.45) is 0 Å². The van der Waals surface area contributed by atoms with E-state index in [9.17, 15) is 15.0 Å². The van der Waals surface area contributed by atoms with Gasteiger partial charge in [-0.2, -0.15) is 0 Å². The van der Waals surface area contributed by atoms with E-state index in [1.807, 2.05) is 6.08 Å². The van der Waals surface area contributed by atoms with Gasteiger partial charge in [-0.3, -0.25) is 4.79 Å². The second-order valence-corrected chi connectivity index (χ2v) is 18.3. The summed E-state index contributed by atoms with van der Waals surface area (Å²) in [5.74, 6) is -0.0764. The molecule has 0 rings (SSSR count). The normalized spacial score (nSPS) is 13.2. The molecule has 0 radical (unpaired) electrons. The van der Waals surface area contributed by atoms with Crippen LogP contribution in [0.4, 0.5) is 0 Å². The maximum Gasteiger partial charge on any atom is 0.220 e. The van der Waals surface area contributed by atoms with Crippen molar-refractivity contribution in [3.05, 3.63) is 48.6 Å². The predicted molar refractivity (Wildman–Crippen MR) is 267 cm³/mol. The van der Waals surface area contributed by atoms with E-state index in [1.165, 1.54) is 225 Å². The minimum atomic E-state index is -0.866. The number of aliphatic hydroxyl groups is 2. The van der Waals surface area contributed by atoms with Crippen LogP contribution in [0.25, 0.3) is 0 Å². The largest absolute Gasteiger partial charge is 0.394 e. The molecule has 1 amide bonds. The molecule has 0 aliphatic carbocycles. The zero-order valence-electron chi connectivity index (χ0n) is 40.5. The van der Waals surface area contributed by atoms with Crippen LogP contribution in [0.15, 0.2) is 48.6 Å². The third kappa shape index (κ3) is 47.4. The van der Waals surface area contributed by atoms with Crippen molar-refractivity contribution in [1.29, 1.82) is 0 Å². The van der Waals surface area contributed by atoms with Crippen molar-refractivity contribution in [1.82, 2.24) is 5.32 Å². The van der Waals surface area contributed by atoms with Crippen LogP contribution in [0.3, 0.4) is 0 Å². The van der Waals surface area contributed by atoms with Crippen molar-refractivity contribution >= 4 is 5.91 Å². The minimum Gasteiger partial charge on any atom is -0.394 e. The average molecular weight is 840 g/mol.